The first kappa shape index (κ1) is 15.9. The molecule has 1 aliphatic heterocycles. The van der Waals surface area contributed by atoms with Crippen LogP contribution in [0.3, 0.4) is 0 Å². The van der Waals surface area contributed by atoms with Crippen LogP contribution in [0.1, 0.15) is 6.92 Å². The van der Waals surface area contributed by atoms with Crippen LogP contribution in [0.5, 0.6) is 0 Å². The third kappa shape index (κ3) is 4.15. The van der Waals surface area contributed by atoms with Gasteiger partial charge in [0.05, 0.1) is 13.4 Å². The van der Waals surface area contributed by atoms with E-state index < -0.39 is 34.0 Å². The molecule has 1 fully saturated rings. The average Bonchev–Trinajstić information content (AvgIpc) is 2.36. The fourth-order valence-electron chi connectivity index (χ4n) is 1.85. The zero-order valence-corrected chi connectivity index (χ0v) is 12.0. The molecule has 0 bridgehead atoms. The van der Waals surface area contributed by atoms with Crippen LogP contribution in [0, 0.1) is 0 Å². The summed E-state index contributed by atoms with van der Waals surface area (Å²) in [7, 11) is -2.25. The number of carbonyl (C=O) groups is 2. The van der Waals surface area contributed by atoms with Gasteiger partial charge >= 0.3 is 5.97 Å². The lowest BCUT2D eigenvalue weighted by Crippen LogP contribution is -2.60. The lowest BCUT2D eigenvalue weighted by atomic mass is 10.2. The minimum absolute atomic E-state index is 0.215. The van der Waals surface area contributed by atoms with Gasteiger partial charge in [0.1, 0.15) is 12.1 Å². The lowest BCUT2D eigenvalue weighted by molar-refractivity contribution is -0.145. The van der Waals surface area contributed by atoms with Gasteiger partial charge in [0.2, 0.25) is 15.9 Å². The highest BCUT2D eigenvalue weighted by Crippen LogP contribution is 2.09. The van der Waals surface area contributed by atoms with Crippen molar-refractivity contribution in [3.05, 3.63) is 0 Å². The molecule has 19 heavy (non-hydrogen) atoms. The van der Waals surface area contributed by atoms with Crippen LogP contribution in [0.4, 0.5) is 0 Å². The van der Waals surface area contributed by atoms with Gasteiger partial charge in [-0.15, -0.1) is 0 Å². The van der Waals surface area contributed by atoms with Crippen molar-refractivity contribution in [2.24, 2.45) is 0 Å². The SMILES string of the molecule is COC(=O)[C@@H](C)NC(=O)[C@@H]1CNCCN1S(C)(=O)=O. The van der Waals surface area contributed by atoms with Crippen LogP contribution in [0.2, 0.25) is 0 Å². The van der Waals surface area contributed by atoms with Gasteiger partial charge in [0.15, 0.2) is 0 Å². The summed E-state index contributed by atoms with van der Waals surface area (Å²) in [5.74, 6) is -1.10. The maximum absolute atomic E-state index is 12.0. The van der Waals surface area contributed by atoms with E-state index in [0.717, 1.165) is 10.6 Å². The summed E-state index contributed by atoms with van der Waals surface area (Å²) < 4.78 is 28.8. The summed E-state index contributed by atoms with van der Waals surface area (Å²) in [6.07, 6.45) is 1.06. The summed E-state index contributed by atoms with van der Waals surface area (Å²) in [5, 5.41) is 5.39. The third-order valence-electron chi connectivity index (χ3n) is 2.84. The van der Waals surface area contributed by atoms with Crippen molar-refractivity contribution in [1.82, 2.24) is 14.9 Å². The molecule has 9 heteroatoms. The summed E-state index contributed by atoms with van der Waals surface area (Å²) in [4.78, 5) is 23.2. The molecular weight excluding hydrogens is 274 g/mol. The van der Waals surface area contributed by atoms with E-state index in [9.17, 15) is 18.0 Å². The van der Waals surface area contributed by atoms with Crippen molar-refractivity contribution in [1.29, 1.82) is 0 Å². The molecule has 0 unspecified atom stereocenters. The zero-order valence-electron chi connectivity index (χ0n) is 11.2. The van der Waals surface area contributed by atoms with Gasteiger partial charge < -0.3 is 15.4 Å². The van der Waals surface area contributed by atoms with Gasteiger partial charge in [-0.3, -0.25) is 4.79 Å². The largest absolute Gasteiger partial charge is 0.467 e. The predicted octanol–water partition coefficient (Wildman–Crippen LogP) is -2.10. The van der Waals surface area contributed by atoms with Crippen molar-refractivity contribution in [3.8, 4) is 0 Å². The Morgan fingerprint density at radius 3 is 2.63 bits per heavy atom. The Morgan fingerprint density at radius 2 is 2.11 bits per heavy atom. The molecular formula is C10H19N3O5S. The van der Waals surface area contributed by atoms with Crippen LogP contribution in [-0.4, -0.2) is 69.7 Å². The summed E-state index contributed by atoms with van der Waals surface area (Å²) in [6.45, 7) is 2.41. The molecule has 2 atom stereocenters. The second-order valence-electron chi connectivity index (χ2n) is 4.35. The second kappa shape index (κ2) is 6.31. The molecule has 0 aliphatic carbocycles. The average molecular weight is 293 g/mol. The smallest absolute Gasteiger partial charge is 0.328 e. The van der Waals surface area contributed by atoms with Crippen molar-refractivity contribution in [2.75, 3.05) is 33.0 Å². The number of piperazine rings is 1. The van der Waals surface area contributed by atoms with E-state index in [1.807, 2.05) is 0 Å². The highest BCUT2D eigenvalue weighted by Gasteiger charge is 2.35. The van der Waals surface area contributed by atoms with Crippen LogP contribution in [0.25, 0.3) is 0 Å². The number of rotatable bonds is 4. The number of carbonyl (C=O) groups excluding carboxylic acids is 2. The predicted molar refractivity (Wildman–Crippen MR) is 67.8 cm³/mol. The van der Waals surface area contributed by atoms with E-state index in [1.54, 1.807) is 0 Å². The third-order valence-corrected chi connectivity index (χ3v) is 4.13. The van der Waals surface area contributed by atoms with Crippen LogP contribution in [0.15, 0.2) is 0 Å². The first-order chi connectivity index (χ1) is 8.77. The second-order valence-corrected chi connectivity index (χ2v) is 6.28. The Kier molecular flexibility index (Phi) is 5.27. The van der Waals surface area contributed by atoms with Gasteiger partial charge in [0.25, 0.3) is 0 Å². The number of nitrogens with one attached hydrogen (secondary N) is 2. The summed E-state index contributed by atoms with van der Waals surface area (Å²) >= 11 is 0. The highest BCUT2D eigenvalue weighted by molar-refractivity contribution is 7.88. The Bertz CT molecular complexity index is 450. The fourth-order valence-corrected chi connectivity index (χ4v) is 2.91. The zero-order chi connectivity index (χ0) is 14.6. The van der Waals surface area contributed by atoms with Crippen LogP contribution < -0.4 is 10.6 Å². The van der Waals surface area contributed by atoms with Gasteiger partial charge in [-0.25, -0.2) is 13.2 Å². The molecule has 0 saturated carbocycles. The summed E-state index contributed by atoms with van der Waals surface area (Å²) in [6, 6.07) is -1.67. The standard InChI is InChI=1S/C10H19N3O5S/c1-7(10(15)18-2)12-9(14)8-6-11-4-5-13(8)19(3,16)17/h7-8,11H,4-6H2,1-3H3,(H,12,14)/t7-,8+/m1/s1. The number of esters is 1. The van der Waals surface area contributed by atoms with E-state index >= 15 is 0 Å². The number of amides is 1. The van der Waals surface area contributed by atoms with Gasteiger partial charge in [-0.05, 0) is 6.92 Å². The van der Waals surface area contributed by atoms with Crippen molar-refractivity contribution in [2.45, 2.75) is 19.0 Å². The molecule has 1 aliphatic rings. The van der Waals surface area contributed by atoms with Crippen molar-refractivity contribution in [3.63, 3.8) is 0 Å². The number of hydrogen-bond donors (Lipinski definition) is 2. The molecule has 110 valence electrons. The first-order valence-electron chi connectivity index (χ1n) is 5.83. The van der Waals surface area contributed by atoms with Gasteiger partial charge in [-0.2, -0.15) is 4.31 Å². The molecule has 0 aromatic rings. The molecule has 1 rings (SSSR count). The van der Waals surface area contributed by atoms with E-state index in [1.165, 1.54) is 14.0 Å². The minimum Gasteiger partial charge on any atom is -0.467 e. The Morgan fingerprint density at radius 1 is 1.47 bits per heavy atom. The Balaban J connectivity index is 2.76. The maximum atomic E-state index is 12.0. The molecule has 0 aromatic heterocycles. The van der Waals surface area contributed by atoms with E-state index in [0.29, 0.717) is 6.54 Å². The minimum atomic E-state index is -3.47. The fraction of sp³-hybridized carbons (Fsp3) is 0.800. The Labute approximate surface area is 112 Å². The molecule has 2 N–H and O–H groups in total. The number of sulfonamides is 1. The van der Waals surface area contributed by atoms with E-state index in [4.69, 9.17) is 0 Å². The topological polar surface area (TPSA) is 105 Å². The number of methoxy groups -OCH3 is 1. The molecule has 0 radical (unpaired) electrons. The highest BCUT2D eigenvalue weighted by atomic mass is 32.2. The molecule has 8 nitrogen and oxygen atoms in total. The Hall–Kier alpha value is -1.19. The van der Waals surface area contributed by atoms with Gasteiger partial charge in [0, 0.05) is 19.6 Å². The molecule has 1 saturated heterocycles. The van der Waals surface area contributed by atoms with Crippen LogP contribution >= 0.6 is 0 Å². The quantitative estimate of drug-likeness (QED) is 0.575. The van der Waals surface area contributed by atoms with Crippen molar-refractivity contribution >= 4 is 21.9 Å². The monoisotopic (exact) mass is 293 g/mol. The molecule has 1 heterocycles. The molecule has 0 aromatic carbocycles. The van der Waals surface area contributed by atoms with Crippen molar-refractivity contribution < 1.29 is 22.7 Å². The number of nitrogens with zero attached hydrogens (tertiary/aromatic N) is 1. The van der Waals surface area contributed by atoms with Gasteiger partial charge in [-0.1, -0.05) is 0 Å². The maximum Gasteiger partial charge on any atom is 0.328 e. The first-order valence-corrected chi connectivity index (χ1v) is 7.68. The van der Waals surface area contributed by atoms with Crippen LogP contribution in [-0.2, 0) is 24.3 Å². The molecule has 1 amide bonds. The molecule has 0 spiro atoms. The number of hydrogen-bond acceptors (Lipinski definition) is 6. The van der Waals surface area contributed by atoms with E-state index in [2.05, 4.69) is 15.4 Å². The van der Waals surface area contributed by atoms with E-state index in [-0.39, 0.29) is 13.1 Å². The summed E-state index contributed by atoms with van der Waals surface area (Å²) in [5.41, 5.74) is 0. The lowest BCUT2D eigenvalue weighted by Gasteiger charge is -2.33. The number of ether oxygens (including phenoxy) is 1. The normalized spacial score (nSPS) is 22.6.